The number of unbranched alkanes of at least 4 members (excludes halogenated alkanes) is 8. The fraction of sp³-hybridized carbons (Fsp3) is 0.455. The molecule has 272 valence electrons. The molecule has 0 aliphatic rings. The van der Waals surface area contributed by atoms with Gasteiger partial charge in [0.1, 0.15) is 29.4 Å². The lowest BCUT2D eigenvalue weighted by Crippen LogP contribution is -2.74. The Hall–Kier alpha value is -3.38. The molecule has 6 heteroatoms. The fourth-order valence-corrected chi connectivity index (χ4v) is 7.62. The lowest BCUT2D eigenvalue weighted by molar-refractivity contribution is -0.929. The average Bonchev–Trinajstić information content (AvgIpc) is 3.12. The van der Waals surface area contributed by atoms with Crippen LogP contribution < -0.4 is 21.9 Å². The minimum absolute atomic E-state index is 0.393. The van der Waals surface area contributed by atoms with Crippen molar-refractivity contribution in [2.75, 3.05) is 26.2 Å². The van der Waals surface area contributed by atoms with Crippen LogP contribution in [0.25, 0.3) is 0 Å². The second-order valence-electron chi connectivity index (χ2n) is 14.1. The fourth-order valence-electron chi connectivity index (χ4n) is 7.62. The van der Waals surface area contributed by atoms with E-state index < -0.39 is 29.4 Å². The molecule has 0 saturated heterocycles. The van der Waals surface area contributed by atoms with E-state index in [1.54, 1.807) is 48.5 Å². The number of hydrogen-bond donors (Lipinski definition) is 0. The highest BCUT2D eigenvalue weighted by atomic mass is 19.1. The van der Waals surface area contributed by atoms with Gasteiger partial charge in [-0.1, -0.05) is 102 Å². The quantitative estimate of drug-likeness (QED) is 0.0375. The zero-order valence-corrected chi connectivity index (χ0v) is 31.1. The number of benzene rings is 4. The Morgan fingerprint density at radius 2 is 0.540 bits per heavy atom. The van der Waals surface area contributed by atoms with Gasteiger partial charge in [-0.3, -0.25) is 0 Å². The Bertz CT molecular complexity index is 1240. The minimum Gasteiger partial charge on any atom is -0.324 e. The second kappa shape index (κ2) is 21.8. The first kappa shape index (κ1) is 41.0. The molecular formula is C44H60BF4N. The summed E-state index contributed by atoms with van der Waals surface area (Å²) in [5.41, 5.74) is 2.99. The van der Waals surface area contributed by atoms with Gasteiger partial charge in [0.15, 0.2) is 0 Å². The SMILES string of the molecule is CCCCC[N+](CCCCC)(CCCCC)CCCCC.Fc1ccc([B-](c2ccc(F)cc2)(c2ccc(F)cc2)c2ccc(F)cc2)cc1. The first-order chi connectivity index (χ1) is 24.2. The van der Waals surface area contributed by atoms with Crippen molar-refractivity contribution in [3.05, 3.63) is 120 Å². The summed E-state index contributed by atoms with van der Waals surface area (Å²) < 4.78 is 56.2. The molecule has 0 N–H and O–H groups in total. The van der Waals surface area contributed by atoms with E-state index in [2.05, 4.69) is 27.7 Å². The Balaban J connectivity index is 0.000000288. The van der Waals surface area contributed by atoms with Crippen LogP contribution in [0.4, 0.5) is 17.6 Å². The maximum atomic E-state index is 13.7. The summed E-state index contributed by atoms with van der Waals surface area (Å²) in [6, 6.07) is 24.1. The topological polar surface area (TPSA) is 0 Å². The summed E-state index contributed by atoms with van der Waals surface area (Å²) in [6.45, 7) is 15.1. The molecule has 0 bridgehead atoms. The third-order valence-corrected chi connectivity index (χ3v) is 10.4. The molecule has 0 atom stereocenters. The molecule has 4 aromatic carbocycles. The highest BCUT2D eigenvalue weighted by molar-refractivity contribution is 7.19. The maximum Gasteiger partial charge on any atom is 0.122 e. The summed E-state index contributed by atoms with van der Waals surface area (Å²) in [5.74, 6) is -1.57. The summed E-state index contributed by atoms with van der Waals surface area (Å²) in [6.07, 6.45) is 15.0. The van der Waals surface area contributed by atoms with Crippen LogP contribution in [0.15, 0.2) is 97.1 Å². The number of halogens is 4. The Kier molecular flexibility index (Phi) is 17.9. The van der Waals surface area contributed by atoms with E-state index >= 15 is 0 Å². The van der Waals surface area contributed by atoms with Crippen molar-refractivity contribution in [1.82, 2.24) is 0 Å². The predicted octanol–water partition coefficient (Wildman–Crippen LogP) is 10.2. The van der Waals surface area contributed by atoms with Crippen LogP contribution >= 0.6 is 0 Å². The van der Waals surface area contributed by atoms with Gasteiger partial charge in [0.05, 0.1) is 26.2 Å². The van der Waals surface area contributed by atoms with Gasteiger partial charge in [-0.25, -0.2) is 17.6 Å². The maximum absolute atomic E-state index is 13.7. The summed E-state index contributed by atoms with van der Waals surface area (Å²) >= 11 is 0. The standard InChI is InChI=1S/C24H16BF4.C20H44N/c26-21-9-1-17(2-10-21)25(18-3-11-22(27)12-4-18,19-5-13-23(28)14-6-19)20-7-15-24(29)16-8-20;1-5-9-13-17-21(18-14-10-6-2,19-15-11-7-3)20-16-12-8-4/h1-16H;5-20H2,1-4H3/q-1;+1. The third kappa shape index (κ3) is 11.9. The number of nitrogens with zero attached hydrogens (tertiary/aromatic N) is 1. The van der Waals surface area contributed by atoms with E-state index in [0.717, 1.165) is 21.9 Å². The molecule has 4 aromatic rings. The molecule has 50 heavy (non-hydrogen) atoms. The summed E-state index contributed by atoms with van der Waals surface area (Å²) in [7, 11) is 0. The van der Waals surface area contributed by atoms with Crippen molar-refractivity contribution in [3.63, 3.8) is 0 Å². The molecule has 0 aliphatic carbocycles. The first-order valence-corrected chi connectivity index (χ1v) is 19.3. The van der Waals surface area contributed by atoms with E-state index in [9.17, 15) is 17.6 Å². The monoisotopic (exact) mass is 689 g/mol. The second-order valence-corrected chi connectivity index (χ2v) is 14.1. The lowest BCUT2D eigenvalue weighted by Gasteiger charge is -2.44. The molecule has 0 saturated carbocycles. The number of rotatable bonds is 20. The van der Waals surface area contributed by atoms with Gasteiger partial charge in [0.2, 0.25) is 0 Å². The molecule has 0 aliphatic heterocycles. The van der Waals surface area contributed by atoms with Crippen LogP contribution in [0.5, 0.6) is 0 Å². The van der Waals surface area contributed by atoms with Crippen molar-refractivity contribution in [1.29, 1.82) is 0 Å². The van der Waals surface area contributed by atoms with E-state index in [-0.39, 0.29) is 0 Å². The predicted molar refractivity (Wildman–Crippen MR) is 208 cm³/mol. The Labute approximate surface area is 300 Å². The average molecular weight is 690 g/mol. The molecule has 0 aromatic heterocycles. The minimum atomic E-state index is -1.94. The van der Waals surface area contributed by atoms with Crippen molar-refractivity contribution in [2.24, 2.45) is 0 Å². The molecule has 0 amide bonds. The zero-order chi connectivity index (χ0) is 36.2. The van der Waals surface area contributed by atoms with Gasteiger partial charge >= 0.3 is 0 Å². The summed E-state index contributed by atoms with van der Waals surface area (Å²) in [4.78, 5) is 0. The van der Waals surface area contributed by atoms with Gasteiger partial charge in [-0.2, -0.15) is 21.9 Å². The van der Waals surface area contributed by atoms with Gasteiger partial charge < -0.3 is 4.48 Å². The molecule has 0 spiro atoms. The van der Waals surface area contributed by atoms with Crippen LogP contribution in [0.3, 0.4) is 0 Å². The molecular weight excluding hydrogens is 629 g/mol. The van der Waals surface area contributed by atoms with E-state index in [1.807, 2.05) is 0 Å². The first-order valence-electron chi connectivity index (χ1n) is 19.3. The molecule has 0 fully saturated rings. The third-order valence-electron chi connectivity index (χ3n) is 10.4. The molecule has 4 rings (SSSR count). The Morgan fingerprint density at radius 3 is 0.720 bits per heavy atom. The molecule has 0 radical (unpaired) electrons. The molecule has 0 unspecified atom stereocenters. The van der Waals surface area contributed by atoms with Gasteiger partial charge in [0.25, 0.3) is 0 Å². The van der Waals surface area contributed by atoms with Crippen LogP contribution in [-0.4, -0.2) is 36.8 Å². The number of hydrogen-bond acceptors (Lipinski definition) is 0. The van der Waals surface area contributed by atoms with E-state index in [4.69, 9.17) is 0 Å². The van der Waals surface area contributed by atoms with Crippen molar-refractivity contribution in [2.45, 2.75) is 105 Å². The zero-order valence-electron chi connectivity index (χ0n) is 31.1. The normalized spacial score (nSPS) is 11.7. The smallest absolute Gasteiger partial charge is 0.122 e. The van der Waals surface area contributed by atoms with Crippen molar-refractivity contribution >= 4 is 28.0 Å². The van der Waals surface area contributed by atoms with Crippen LogP contribution in [-0.2, 0) is 0 Å². The highest BCUT2D eigenvalue weighted by Gasteiger charge is 2.32. The van der Waals surface area contributed by atoms with E-state index in [1.165, 1.54) is 156 Å². The molecule has 0 heterocycles. The van der Waals surface area contributed by atoms with Crippen LogP contribution in [0, 0.1) is 23.3 Å². The van der Waals surface area contributed by atoms with E-state index in [0.29, 0.717) is 0 Å². The molecule has 1 nitrogen and oxygen atoms in total. The van der Waals surface area contributed by atoms with Gasteiger partial charge in [-0.15, -0.1) is 0 Å². The Morgan fingerprint density at radius 1 is 0.340 bits per heavy atom. The summed E-state index contributed by atoms with van der Waals surface area (Å²) in [5, 5.41) is 0. The van der Waals surface area contributed by atoms with Crippen LogP contribution in [0.1, 0.15) is 105 Å². The van der Waals surface area contributed by atoms with Crippen molar-refractivity contribution in [3.8, 4) is 0 Å². The van der Waals surface area contributed by atoms with Gasteiger partial charge in [-0.05, 0) is 99.9 Å². The van der Waals surface area contributed by atoms with Crippen molar-refractivity contribution < 1.29 is 22.0 Å². The number of quaternary nitrogens is 1. The largest absolute Gasteiger partial charge is 0.324 e. The highest BCUT2D eigenvalue weighted by Crippen LogP contribution is 2.19. The van der Waals surface area contributed by atoms with Crippen LogP contribution in [0.2, 0.25) is 0 Å². The van der Waals surface area contributed by atoms with Gasteiger partial charge in [0, 0.05) is 0 Å². The lowest BCUT2D eigenvalue weighted by atomic mass is 9.13.